The van der Waals surface area contributed by atoms with Crippen LogP contribution in [0.5, 0.6) is 0 Å². The predicted octanol–water partition coefficient (Wildman–Crippen LogP) is -1.86. The zero-order valence-electron chi connectivity index (χ0n) is 17.9. The Morgan fingerprint density at radius 3 is 1.91 bits per heavy atom. The maximum atomic E-state index is 12.8. The molecule has 0 saturated carbocycles. The second-order valence-electron chi connectivity index (χ2n) is 6.97. The molecule has 4 unspecified atom stereocenters. The number of aliphatic carboxylic acids is 2. The van der Waals surface area contributed by atoms with Crippen molar-refractivity contribution in [1.82, 2.24) is 16.0 Å². The number of carboxylic acids is 2. The molecular formula is C18H33N5O7S2. The standard InChI is InChI=1S/C18H33N5O7S2/c1-32-7-5-12(21-15(26)10(20)8-14(24)25)17(28)22-11(4-2-3-6-19)16(27)23-13(9-31)18(29)30/h10-13,31H,2-9,19-20H2,1H3,(H,21,26)(H,22,28)(H,23,27)(H,24,25)(H,29,30). The van der Waals surface area contributed by atoms with E-state index in [1.165, 1.54) is 11.8 Å². The van der Waals surface area contributed by atoms with Crippen molar-refractivity contribution >= 4 is 54.1 Å². The summed E-state index contributed by atoms with van der Waals surface area (Å²) in [6, 6.07) is -4.69. The highest BCUT2D eigenvalue weighted by atomic mass is 32.2. The number of unbranched alkanes of at least 4 members (excludes halogenated alkanes) is 1. The van der Waals surface area contributed by atoms with Crippen molar-refractivity contribution in [2.75, 3.05) is 24.3 Å². The molecular weight excluding hydrogens is 462 g/mol. The van der Waals surface area contributed by atoms with Gasteiger partial charge in [-0.25, -0.2) is 4.79 Å². The molecule has 0 aliphatic rings. The molecule has 0 saturated heterocycles. The third kappa shape index (κ3) is 12.1. The Morgan fingerprint density at radius 1 is 0.906 bits per heavy atom. The summed E-state index contributed by atoms with van der Waals surface area (Å²) < 4.78 is 0. The number of hydrogen-bond acceptors (Lipinski definition) is 9. The Balaban J connectivity index is 5.37. The summed E-state index contributed by atoms with van der Waals surface area (Å²) in [5.74, 6) is -4.34. The summed E-state index contributed by atoms with van der Waals surface area (Å²) in [6.45, 7) is 0.380. The fourth-order valence-corrected chi connectivity index (χ4v) is 3.27. The number of carbonyl (C=O) groups is 5. The van der Waals surface area contributed by atoms with Gasteiger partial charge in [-0.15, -0.1) is 0 Å². The van der Waals surface area contributed by atoms with Gasteiger partial charge in [-0.1, -0.05) is 0 Å². The Kier molecular flexibility index (Phi) is 15.5. The first-order chi connectivity index (χ1) is 15.1. The summed E-state index contributed by atoms with van der Waals surface area (Å²) in [6.07, 6.45) is 2.70. The number of carboxylic acid groups (broad SMARTS) is 2. The molecule has 0 radical (unpaired) electrons. The minimum Gasteiger partial charge on any atom is -0.481 e. The number of hydrogen-bond donors (Lipinski definition) is 8. The maximum absolute atomic E-state index is 12.8. The fourth-order valence-electron chi connectivity index (χ4n) is 2.56. The van der Waals surface area contributed by atoms with Gasteiger partial charge >= 0.3 is 11.9 Å². The molecule has 0 heterocycles. The van der Waals surface area contributed by atoms with Crippen molar-refractivity contribution in [2.24, 2.45) is 11.5 Å². The number of thioether (sulfide) groups is 1. The van der Waals surface area contributed by atoms with Gasteiger partial charge in [-0.3, -0.25) is 19.2 Å². The second-order valence-corrected chi connectivity index (χ2v) is 8.33. The van der Waals surface area contributed by atoms with Crippen LogP contribution in [0.2, 0.25) is 0 Å². The van der Waals surface area contributed by atoms with Crippen LogP contribution in [-0.2, 0) is 24.0 Å². The molecule has 0 aromatic rings. The molecule has 0 fully saturated rings. The van der Waals surface area contributed by atoms with Crippen molar-refractivity contribution < 1.29 is 34.2 Å². The molecule has 0 aromatic carbocycles. The predicted molar refractivity (Wildman–Crippen MR) is 123 cm³/mol. The van der Waals surface area contributed by atoms with Gasteiger partial charge in [0, 0.05) is 5.75 Å². The molecule has 0 aliphatic heterocycles. The molecule has 14 heteroatoms. The molecule has 12 nitrogen and oxygen atoms in total. The minimum absolute atomic E-state index is 0.140. The van der Waals surface area contributed by atoms with Crippen LogP contribution in [0.4, 0.5) is 0 Å². The summed E-state index contributed by atoms with van der Waals surface area (Å²) in [5.41, 5.74) is 11.0. The van der Waals surface area contributed by atoms with E-state index in [9.17, 15) is 24.0 Å². The van der Waals surface area contributed by atoms with Crippen molar-refractivity contribution in [3.8, 4) is 0 Å². The number of amides is 3. The molecule has 4 atom stereocenters. The lowest BCUT2D eigenvalue weighted by atomic mass is 10.1. The normalized spacial score (nSPS) is 14.5. The Labute approximate surface area is 196 Å². The number of carbonyl (C=O) groups excluding carboxylic acids is 3. The number of nitrogens with two attached hydrogens (primary N) is 2. The lowest BCUT2D eigenvalue weighted by molar-refractivity contribution is -0.141. The summed E-state index contributed by atoms with van der Waals surface area (Å²) in [5, 5.41) is 25.2. The number of rotatable bonds is 17. The van der Waals surface area contributed by atoms with Crippen molar-refractivity contribution in [3.05, 3.63) is 0 Å². The van der Waals surface area contributed by atoms with E-state index in [2.05, 4.69) is 28.6 Å². The van der Waals surface area contributed by atoms with Crippen LogP contribution in [0.1, 0.15) is 32.1 Å². The highest BCUT2D eigenvalue weighted by Crippen LogP contribution is 2.06. The monoisotopic (exact) mass is 495 g/mol. The third-order valence-corrected chi connectivity index (χ3v) is 5.36. The first kappa shape index (κ1) is 30.0. The smallest absolute Gasteiger partial charge is 0.327 e. The molecule has 0 spiro atoms. The second kappa shape index (κ2) is 16.6. The van der Waals surface area contributed by atoms with Crippen LogP contribution in [0, 0.1) is 0 Å². The van der Waals surface area contributed by atoms with E-state index in [0.29, 0.717) is 25.1 Å². The summed E-state index contributed by atoms with van der Waals surface area (Å²) in [7, 11) is 0. The molecule has 0 rings (SSSR count). The van der Waals surface area contributed by atoms with Crippen LogP contribution in [0.15, 0.2) is 0 Å². The Bertz CT molecular complexity index is 653. The maximum Gasteiger partial charge on any atom is 0.327 e. The van der Waals surface area contributed by atoms with Crippen LogP contribution < -0.4 is 27.4 Å². The van der Waals surface area contributed by atoms with Crippen molar-refractivity contribution in [1.29, 1.82) is 0 Å². The van der Waals surface area contributed by atoms with Gasteiger partial charge in [0.05, 0.1) is 12.5 Å². The lowest BCUT2D eigenvalue weighted by Gasteiger charge is -2.25. The molecule has 0 aromatic heterocycles. The van der Waals surface area contributed by atoms with Crippen molar-refractivity contribution in [2.45, 2.75) is 56.3 Å². The Hall–Kier alpha value is -2.03. The van der Waals surface area contributed by atoms with E-state index in [0.717, 1.165) is 0 Å². The van der Waals surface area contributed by atoms with E-state index in [1.807, 2.05) is 0 Å². The minimum atomic E-state index is -1.34. The van der Waals surface area contributed by atoms with E-state index in [-0.39, 0.29) is 18.6 Å². The highest BCUT2D eigenvalue weighted by Gasteiger charge is 2.30. The first-order valence-corrected chi connectivity index (χ1v) is 12.0. The molecule has 3 amide bonds. The number of thiol groups is 1. The van der Waals surface area contributed by atoms with Gasteiger partial charge in [0.2, 0.25) is 17.7 Å². The van der Waals surface area contributed by atoms with E-state index in [1.54, 1.807) is 6.26 Å². The fraction of sp³-hybridized carbons (Fsp3) is 0.722. The zero-order chi connectivity index (χ0) is 24.7. The van der Waals surface area contributed by atoms with Crippen LogP contribution in [0.3, 0.4) is 0 Å². The molecule has 184 valence electrons. The molecule has 9 N–H and O–H groups in total. The topological polar surface area (TPSA) is 214 Å². The average Bonchev–Trinajstić information content (AvgIpc) is 2.72. The largest absolute Gasteiger partial charge is 0.481 e. The van der Waals surface area contributed by atoms with Gasteiger partial charge in [-0.05, 0) is 44.2 Å². The Morgan fingerprint density at radius 2 is 1.44 bits per heavy atom. The van der Waals surface area contributed by atoms with Gasteiger partial charge in [0.15, 0.2) is 0 Å². The quantitative estimate of drug-likeness (QED) is 0.0831. The van der Waals surface area contributed by atoms with Crippen LogP contribution >= 0.6 is 24.4 Å². The van der Waals surface area contributed by atoms with E-state index in [4.69, 9.17) is 21.7 Å². The van der Waals surface area contributed by atoms with Crippen molar-refractivity contribution in [3.63, 3.8) is 0 Å². The van der Waals surface area contributed by atoms with Gasteiger partial charge in [0.25, 0.3) is 0 Å². The first-order valence-electron chi connectivity index (χ1n) is 9.98. The van der Waals surface area contributed by atoms with Crippen LogP contribution in [-0.4, -0.2) is 88.3 Å². The van der Waals surface area contributed by atoms with E-state index >= 15 is 0 Å². The zero-order valence-corrected chi connectivity index (χ0v) is 19.6. The summed E-state index contributed by atoms with van der Waals surface area (Å²) >= 11 is 5.33. The van der Waals surface area contributed by atoms with Gasteiger partial charge < -0.3 is 37.6 Å². The number of nitrogens with one attached hydrogen (secondary N) is 3. The molecule has 0 bridgehead atoms. The van der Waals surface area contributed by atoms with Gasteiger partial charge in [0.1, 0.15) is 18.1 Å². The summed E-state index contributed by atoms with van der Waals surface area (Å²) in [4.78, 5) is 59.6. The molecule has 32 heavy (non-hydrogen) atoms. The van der Waals surface area contributed by atoms with Gasteiger partial charge in [-0.2, -0.15) is 24.4 Å². The molecule has 0 aliphatic carbocycles. The average molecular weight is 496 g/mol. The van der Waals surface area contributed by atoms with Crippen LogP contribution in [0.25, 0.3) is 0 Å². The SMILES string of the molecule is CSCCC(NC(=O)C(N)CC(=O)O)C(=O)NC(CCCCN)C(=O)NC(CS)C(=O)O. The lowest BCUT2D eigenvalue weighted by Crippen LogP contribution is -2.57. The highest BCUT2D eigenvalue weighted by molar-refractivity contribution is 7.98. The third-order valence-electron chi connectivity index (χ3n) is 4.35. The van der Waals surface area contributed by atoms with E-state index < -0.39 is 60.2 Å².